The second-order valence-electron chi connectivity index (χ2n) is 0.476. The molecule has 10 heavy (non-hydrogen) atoms. The first-order valence-electron chi connectivity index (χ1n) is 1.13. The summed E-state index contributed by atoms with van der Waals surface area (Å²) in [6, 6.07) is 0. The minimum atomic E-state index is -3.95. The molecule has 0 aliphatic heterocycles. The number of hydrogen-bond acceptors (Lipinski definition) is 4. The van der Waals surface area contributed by atoms with Gasteiger partial charge in [-0.2, -0.15) is 0 Å². The fourth-order valence-electron chi connectivity index (χ4n) is 0. The van der Waals surface area contributed by atoms with Crippen LogP contribution in [-0.2, 0) is 50.6 Å². The Hall–Kier alpha value is 2.29. The van der Waals surface area contributed by atoms with Crippen molar-refractivity contribution in [2.24, 2.45) is 0 Å². The molecule has 2 N–H and O–H groups in total. The molecule has 0 atom stereocenters. The van der Waals surface area contributed by atoms with Crippen molar-refractivity contribution < 1.29 is 57.8 Å². The normalized spacial score (nSPS) is 5.00. The molecule has 6 nitrogen and oxygen atoms in total. The van der Waals surface area contributed by atoms with E-state index >= 15 is 0 Å². The Bertz CT molecular complexity index is 133. The molecule has 0 aromatic heterocycles. The zero-order valence-corrected chi connectivity index (χ0v) is 14.0. The van der Waals surface area contributed by atoms with Crippen LogP contribution in [0.4, 0.5) is 0 Å². The molecule has 58 valence electrons. The summed E-state index contributed by atoms with van der Waals surface area (Å²) in [5.41, 5.74) is 0. The van der Waals surface area contributed by atoms with E-state index in [0.717, 1.165) is 0 Å². The molecular formula is H6MgNb2O6Pb. The quantitative estimate of drug-likeness (QED) is 0.323. The molecule has 0 unspecified atom stereocenters. The Labute approximate surface area is 106 Å². The van der Waals surface area contributed by atoms with Gasteiger partial charge in [0.2, 0.25) is 0 Å². The third-order valence-electron chi connectivity index (χ3n) is 0. The Kier molecular flexibility index (Phi) is 39.6. The van der Waals surface area contributed by atoms with Crippen molar-refractivity contribution in [2.45, 2.75) is 0 Å². The zero-order chi connectivity index (χ0) is 7.15. The zero-order valence-electron chi connectivity index (χ0n) is 4.13. The molecule has 0 aromatic rings. The van der Waals surface area contributed by atoms with E-state index in [1.165, 1.54) is 0 Å². The van der Waals surface area contributed by atoms with Crippen LogP contribution in [0, 0.1) is 0 Å². The van der Waals surface area contributed by atoms with E-state index < -0.39 is 37.6 Å². The van der Waals surface area contributed by atoms with Gasteiger partial charge in [0, 0.05) is 0 Å². The summed E-state index contributed by atoms with van der Waals surface area (Å²) < 4.78 is 49.1. The van der Waals surface area contributed by atoms with Crippen LogP contribution in [0.2, 0.25) is 0 Å². The van der Waals surface area contributed by atoms with E-state index in [0.29, 0.717) is 0 Å². The molecule has 0 aliphatic rings. The average molecular weight is 519 g/mol. The van der Waals surface area contributed by atoms with Crippen LogP contribution >= 0.6 is 0 Å². The molecule has 0 heterocycles. The van der Waals surface area contributed by atoms with Crippen LogP contribution in [-0.4, -0.2) is 57.6 Å². The van der Waals surface area contributed by atoms with Crippen LogP contribution in [0.15, 0.2) is 0 Å². The van der Waals surface area contributed by atoms with E-state index in [2.05, 4.69) is 0 Å². The summed E-state index contributed by atoms with van der Waals surface area (Å²) in [5.74, 6) is 0. The van der Waals surface area contributed by atoms with Crippen LogP contribution in [0.5, 0.6) is 0 Å². The molecule has 0 aliphatic carbocycles. The summed E-state index contributed by atoms with van der Waals surface area (Å²) >= 11 is -7.90. The third kappa shape index (κ3) is 169. The molecule has 0 fully saturated rings. The van der Waals surface area contributed by atoms with Gasteiger partial charge in [-0.15, -0.1) is 0 Å². The summed E-state index contributed by atoms with van der Waals surface area (Å²) in [5, 5.41) is 0. The first-order valence-corrected chi connectivity index (χ1v) is 6.69. The fraction of sp³-hybridized carbons (Fsp3) is 0. The average Bonchev–Trinajstić information content (AvgIpc) is 1.25. The third-order valence-corrected chi connectivity index (χ3v) is 0. The molecule has 2 radical (unpaired) electrons. The van der Waals surface area contributed by atoms with E-state index in [-0.39, 0.29) is 50.4 Å². The van der Waals surface area contributed by atoms with Crippen LogP contribution in [0.25, 0.3) is 0 Å². The second-order valence-corrected chi connectivity index (χ2v) is 2.81. The Balaban J connectivity index is -0.0000000300. The second kappa shape index (κ2) is 17.4. The van der Waals surface area contributed by atoms with Gasteiger partial charge < -0.3 is 0 Å². The predicted molar refractivity (Wildman–Crippen MR) is 24.3 cm³/mol. The van der Waals surface area contributed by atoms with Crippen LogP contribution in [0.3, 0.4) is 0 Å². The summed E-state index contributed by atoms with van der Waals surface area (Å²) in [4.78, 5) is 0. The molecule has 0 saturated carbocycles. The SMILES string of the molecule is [MgH2].[O]=[Nb](=[O])[OH].[O]=[Nb](=[O])[OH].[PbH2]. The maximum atomic E-state index is 8.71. The molecular weight excluding hydrogens is 513 g/mol. The first kappa shape index (κ1) is 22.8. The molecule has 0 rings (SSSR count). The summed E-state index contributed by atoms with van der Waals surface area (Å²) in [6.45, 7) is 0. The van der Waals surface area contributed by atoms with Gasteiger partial charge in [0.05, 0.1) is 0 Å². The van der Waals surface area contributed by atoms with Gasteiger partial charge in [-0.25, -0.2) is 0 Å². The van der Waals surface area contributed by atoms with E-state index in [9.17, 15) is 0 Å². The molecule has 0 bridgehead atoms. The maximum absolute atomic E-state index is 8.71. The molecule has 10 heteroatoms. The van der Waals surface area contributed by atoms with Crippen molar-refractivity contribution in [3.63, 3.8) is 0 Å². The van der Waals surface area contributed by atoms with Gasteiger partial charge in [0.1, 0.15) is 0 Å². The predicted octanol–water partition coefficient (Wildman–Crippen LogP) is -3.43. The standard InChI is InChI=1S/Mg.2Nb.2H2O.4O.Pb.4H/h;;;2*1H2;;;;;;;;;/q;2*+1;;;;;;;;;;;/p-2. The van der Waals surface area contributed by atoms with Crippen molar-refractivity contribution in [1.29, 1.82) is 0 Å². The molecule has 0 amide bonds. The van der Waals surface area contributed by atoms with E-state index in [4.69, 9.17) is 20.2 Å². The monoisotopic (exact) mass is 520 g/mol. The van der Waals surface area contributed by atoms with E-state index in [1.54, 1.807) is 0 Å². The van der Waals surface area contributed by atoms with Crippen LogP contribution < -0.4 is 0 Å². The Morgan fingerprint density at radius 3 is 0.800 bits per heavy atom. The van der Waals surface area contributed by atoms with Crippen molar-refractivity contribution in [2.75, 3.05) is 0 Å². The fourth-order valence-corrected chi connectivity index (χ4v) is 0. The molecule has 0 saturated heterocycles. The van der Waals surface area contributed by atoms with Gasteiger partial charge >= 0.3 is 108 Å². The number of rotatable bonds is 0. The van der Waals surface area contributed by atoms with Gasteiger partial charge in [-0.1, -0.05) is 0 Å². The summed E-state index contributed by atoms with van der Waals surface area (Å²) in [6.07, 6.45) is 0. The van der Waals surface area contributed by atoms with Crippen molar-refractivity contribution in [3.05, 3.63) is 0 Å². The Morgan fingerprint density at radius 1 is 0.800 bits per heavy atom. The topological polar surface area (TPSA) is 109 Å². The number of hydrogen-bond donors (Lipinski definition) is 2. The van der Waals surface area contributed by atoms with Gasteiger partial charge in [0.25, 0.3) is 0 Å². The van der Waals surface area contributed by atoms with Gasteiger partial charge in [0.15, 0.2) is 0 Å². The van der Waals surface area contributed by atoms with Crippen LogP contribution in [0.1, 0.15) is 0 Å². The summed E-state index contributed by atoms with van der Waals surface area (Å²) in [7, 11) is 0. The Morgan fingerprint density at radius 2 is 0.800 bits per heavy atom. The van der Waals surface area contributed by atoms with Crippen molar-refractivity contribution >= 4 is 50.4 Å². The molecule has 0 spiro atoms. The van der Waals surface area contributed by atoms with Gasteiger partial charge in [-0.3, -0.25) is 0 Å². The van der Waals surface area contributed by atoms with Gasteiger partial charge in [-0.05, 0) is 0 Å². The first-order chi connectivity index (χ1) is 3.46. The molecule has 0 aromatic carbocycles. The van der Waals surface area contributed by atoms with Crippen molar-refractivity contribution in [1.82, 2.24) is 0 Å². The van der Waals surface area contributed by atoms with Crippen molar-refractivity contribution in [3.8, 4) is 0 Å². The van der Waals surface area contributed by atoms with E-state index in [1.807, 2.05) is 0 Å². The minimum absolute atomic E-state index is 0.